The zero-order valence-electron chi connectivity index (χ0n) is 21.4. The predicted molar refractivity (Wildman–Crippen MR) is 142 cm³/mol. The van der Waals surface area contributed by atoms with Gasteiger partial charge in [0.15, 0.2) is 11.5 Å². The fourth-order valence-corrected chi connectivity index (χ4v) is 5.16. The topological polar surface area (TPSA) is 106 Å². The number of fused-ring (bicyclic) bond motifs is 2. The molecule has 6 rings (SSSR count). The summed E-state index contributed by atoms with van der Waals surface area (Å²) in [5, 5.41) is 7.03. The highest BCUT2D eigenvalue weighted by Gasteiger charge is 2.23. The average Bonchev–Trinajstić information content (AvgIpc) is 3.56. The number of halogens is 1. The molecule has 38 heavy (non-hydrogen) atoms. The minimum Gasteiger partial charge on any atom is -0.461 e. The SMILES string of the molecule is Cc1cn2cc(NC(=O)c3ccc(N4CCN[C@@H](C)C4)c4cnc(OC[C@@H]5CCCO5)nc34)cc(F)c2n1. The lowest BCUT2D eigenvalue weighted by Crippen LogP contribution is -2.49. The van der Waals surface area contributed by atoms with Crippen molar-refractivity contribution in [1.29, 1.82) is 0 Å². The Morgan fingerprint density at radius 3 is 3.03 bits per heavy atom. The second-order valence-electron chi connectivity index (χ2n) is 9.94. The highest BCUT2D eigenvalue weighted by molar-refractivity contribution is 6.13. The van der Waals surface area contributed by atoms with Gasteiger partial charge < -0.3 is 29.4 Å². The lowest BCUT2D eigenvalue weighted by Gasteiger charge is -2.34. The van der Waals surface area contributed by atoms with Crippen molar-refractivity contribution in [2.45, 2.75) is 38.8 Å². The molecular formula is C27H30FN7O3. The molecule has 2 atom stereocenters. The van der Waals surface area contributed by atoms with E-state index in [4.69, 9.17) is 9.47 Å². The summed E-state index contributed by atoms with van der Waals surface area (Å²) in [6.45, 7) is 7.51. The Bertz CT molecular complexity index is 1500. The largest absolute Gasteiger partial charge is 0.461 e. The van der Waals surface area contributed by atoms with E-state index in [1.807, 2.05) is 6.07 Å². The number of piperazine rings is 1. The number of anilines is 2. The third-order valence-electron chi connectivity index (χ3n) is 6.97. The number of aryl methyl sites for hydroxylation is 1. The molecule has 0 aliphatic carbocycles. The van der Waals surface area contributed by atoms with E-state index < -0.39 is 11.7 Å². The van der Waals surface area contributed by atoms with E-state index in [0.29, 0.717) is 35.1 Å². The number of aromatic nitrogens is 4. The maximum absolute atomic E-state index is 14.6. The number of carbonyl (C=O) groups excluding carboxylic acids is 1. The number of hydrogen-bond acceptors (Lipinski definition) is 8. The smallest absolute Gasteiger partial charge is 0.317 e. The first kappa shape index (κ1) is 24.5. The van der Waals surface area contributed by atoms with E-state index in [2.05, 4.69) is 37.4 Å². The molecule has 2 N–H and O–H groups in total. The summed E-state index contributed by atoms with van der Waals surface area (Å²) in [7, 11) is 0. The van der Waals surface area contributed by atoms with Gasteiger partial charge in [0, 0.05) is 68.0 Å². The van der Waals surface area contributed by atoms with Crippen LogP contribution in [0.3, 0.4) is 0 Å². The number of ether oxygens (including phenoxy) is 2. The second kappa shape index (κ2) is 10.1. The van der Waals surface area contributed by atoms with Gasteiger partial charge in [0.2, 0.25) is 0 Å². The fourth-order valence-electron chi connectivity index (χ4n) is 5.16. The van der Waals surface area contributed by atoms with Gasteiger partial charge in [0.05, 0.1) is 28.6 Å². The third-order valence-corrected chi connectivity index (χ3v) is 6.97. The first-order chi connectivity index (χ1) is 18.4. The number of rotatable bonds is 6. The summed E-state index contributed by atoms with van der Waals surface area (Å²) in [5.74, 6) is -0.925. The van der Waals surface area contributed by atoms with Crippen LogP contribution in [-0.4, -0.2) is 70.3 Å². The van der Waals surface area contributed by atoms with Crippen molar-refractivity contribution in [2.75, 3.05) is 43.1 Å². The zero-order valence-corrected chi connectivity index (χ0v) is 21.4. The molecule has 198 valence electrons. The molecule has 11 heteroatoms. The fraction of sp³-hybridized carbons (Fsp3) is 0.407. The van der Waals surface area contributed by atoms with Gasteiger partial charge in [-0.2, -0.15) is 4.98 Å². The molecule has 0 spiro atoms. The van der Waals surface area contributed by atoms with Gasteiger partial charge in [-0.3, -0.25) is 4.79 Å². The van der Waals surface area contributed by atoms with Crippen LogP contribution in [0, 0.1) is 12.7 Å². The summed E-state index contributed by atoms with van der Waals surface area (Å²) in [4.78, 5) is 29.1. The summed E-state index contributed by atoms with van der Waals surface area (Å²) in [6, 6.07) is 5.47. The Morgan fingerprint density at radius 2 is 2.21 bits per heavy atom. The zero-order chi connectivity index (χ0) is 26.2. The Balaban J connectivity index is 1.35. The van der Waals surface area contributed by atoms with E-state index >= 15 is 0 Å². The van der Waals surface area contributed by atoms with Crippen molar-refractivity contribution in [1.82, 2.24) is 24.7 Å². The Labute approximate surface area is 219 Å². The van der Waals surface area contributed by atoms with Crippen molar-refractivity contribution in [3.8, 4) is 6.01 Å². The first-order valence-corrected chi connectivity index (χ1v) is 12.9. The molecule has 0 bridgehead atoms. The molecule has 2 aliphatic heterocycles. The minimum atomic E-state index is -0.518. The summed E-state index contributed by atoms with van der Waals surface area (Å²) in [6.07, 6.45) is 7.02. The van der Waals surface area contributed by atoms with Gasteiger partial charge in [0.25, 0.3) is 5.91 Å². The molecule has 2 saturated heterocycles. The predicted octanol–water partition coefficient (Wildman–Crippen LogP) is 3.33. The van der Waals surface area contributed by atoms with E-state index in [-0.39, 0.29) is 17.8 Å². The normalized spacial score (nSPS) is 19.8. The van der Waals surface area contributed by atoms with Crippen LogP contribution >= 0.6 is 0 Å². The highest BCUT2D eigenvalue weighted by atomic mass is 19.1. The Kier molecular flexibility index (Phi) is 6.54. The van der Waals surface area contributed by atoms with Crippen LogP contribution < -0.4 is 20.3 Å². The number of hydrogen-bond donors (Lipinski definition) is 2. The van der Waals surface area contributed by atoms with E-state index in [0.717, 1.165) is 50.2 Å². The Morgan fingerprint density at radius 1 is 1.32 bits per heavy atom. The first-order valence-electron chi connectivity index (χ1n) is 12.9. The molecule has 10 nitrogen and oxygen atoms in total. The lowest BCUT2D eigenvalue weighted by atomic mass is 10.1. The van der Waals surface area contributed by atoms with Gasteiger partial charge in [0.1, 0.15) is 6.61 Å². The molecule has 3 aromatic heterocycles. The summed E-state index contributed by atoms with van der Waals surface area (Å²) in [5.41, 5.74) is 2.98. The van der Waals surface area contributed by atoms with Crippen LogP contribution in [0.1, 0.15) is 35.8 Å². The number of amides is 1. The van der Waals surface area contributed by atoms with Crippen molar-refractivity contribution >= 4 is 33.8 Å². The molecule has 0 saturated carbocycles. The second-order valence-corrected chi connectivity index (χ2v) is 9.94. The minimum absolute atomic E-state index is 0.0161. The maximum Gasteiger partial charge on any atom is 0.317 e. The van der Waals surface area contributed by atoms with Crippen LogP contribution in [-0.2, 0) is 4.74 Å². The molecule has 1 amide bonds. The number of nitrogens with one attached hydrogen (secondary N) is 2. The van der Waals surface area contributed by atoms with Crippen LogP contribution in [0.15, 0.2) is 36.8 Å². The van der Waals surface area contributed by atoms with Gasteiger partial charge >= 0.3 is 6.01 Å². The molecule has 0 unspecified atom stereocenters. The van der Waals surface area contributed by atoms with Crippen LogP contribution in [0.25, 0.3) is 16.6 Å². The van der Waals surface area contributed by atoms with Crippen molar-refractivity contribution in [3.05, 3.63) is 53.9 Å². The molecule has 0 radical (unpaired) electrons. The molecular weight excluding hydrogens is 489 g/mol. The molecule has 4 aromatic rings. The number of carbonyl (C=O) groups is 1. The van der Waals surface area contributed by atoms with Crippen LogP contribution in [0.5, 0.6) is 6.01 Å². The number of benzene rings is 1. The maximum atomic E-state index is 14.6. The monoisotopic (exact) mass is 519 g/mol. The van der Waals surface area contributed by atoms with Crippen molar-refractivity contribution in [2.24, 2.45) is 0 Å². The molecule has 1 aromatic carbocycles. The number of pyridine rings is 1. The summed E-state index contributed by atoms with van der Waals surface area (Å²) < 4.78 is 27.7. The number of imidazole rings is 1. The highest BCUT2D eigenvalue weighted by Crippen LogP contribution is 2.31. The van der Waals surface area contributed by atoms with Crippen molar-refractivity contribution in [3.63, 3.8) is 0 Å². The van der Waals surface area contributed by atoms with Gasteiger partial charge in [-0.05, 0) is 38.8 Å². The van der Waals surface area contributed by atoms with Gasteiger partial charge in [-0.25, -0.2) is 14.4 Å². The summed E-state index contributed by atoms with van der Waals surface area (Å²) >= 11 is 0. The third kappa shape index (κ3) is 4.86. The van der Waals surface area contributed by atoms with Gasteiger partial charge in [-0.1, -0.05) is 0 Å². The molecule has 2 fully saturated rings. The quantitative estimate of drug-likeness (QED) is 0.400. The van der Waals surface area contributed by atoms with E-state index in [1.165, 1.54) is 6.07 Å². The average molecular weight is 520 g/mol. The standard InChI is InChI=1S/C27H30FN7O3/c1-16-12-34(8-7-29-16)23-6-5-20(24-21(23)11-30-27(33-24)38-15-19-4-3-9-37-19)26(36)32-18-10-22(28)25-31-17(2)13-35(25)14-18/h5-6,10-11,13-14,16,19,29H,3-4,7-9,12,15H2,1-2H3,(H,32,36)/t16-,19-/m0/s1. The van der Waals surface area contributed by atoms with E-state index in [1.54, 1.807) is 36.0 Å². The molecule has 5 heterocycles. The Hall–Kier alpha value is -3.83. The number of nitrogens with zero attached hydrogens (tertiary/aromatic N) is 5. The van der Waals surface area contributed by atoms with Crippen LogP contribution in [0.2, 0.25) is 0 Å². The van der Waals surface area contributed by atoms with Gasteiger partial charge in [-0.15, -0.1) is 0 Å². The van der Waals surface area contributed by atoms with Crippen molar-refractivity contribution < 1.29 is 18.7 Å². The van der Waals surface area contributed by atoms with E-state index in [9.17, 15) is 9.18 Å². The van der Waals surface area contributed by atoms with Crippen LogP contribution in [0.4, 0.5) is 15.8 Å². The lowest BCUT2D eigenvalue weighted by molar-refractivity contribution is 0.0646. The molecule has 2 aliphatic rings.